The van der Waals surface area contributed by atoms with Gasteiger partial charge in [-0.2, -0.15) is 0 Å². The van der Waals surface area contributed by atoms with Crippen molar-refractivity contribution in [3.63, 3.8) is 0 Å². The summed E-state index contributed by atoms with van der Waals surface area (Å²) in [4.78, 5) is 85.6. The van der Waals surface area contributed by atoms with Crippen LogP contribution in [0, 0.1) is 0 Å². The van der Waals surface area contributed by atoms with Crippen LogP contribution < -0.4 is 0 Å². The average molecular weight is 747 g/mol. The van der Waals surface area contributed by atoms with E-state index in [1.165, 1.54) is 0 Å². The summed E-state index contributed by atoms with van der Waals surface area (Å²) in [7, 11) is 0. The molecule has 0 aliphatic carbocycles. The average Bonchev–Trinajstić information content (AvgIpc) is 2.47. The van der Waals surface area contributed by atoms with Crippen molar-refractivity contribution < 1.29 is 150 Å². The van der Waals surface area contributed by atoms with E-state index in [9.17, 15) is 0 Å². The first kappa shape index (κ1) is 83.4. The fraction of sp³-hybridized carbons (Fsp3) is 0. The number of carboxylic acid groups (broad SMARTS) is 20. The zero-order valence-electron chi connectivity index (χ0n) is 18.0. The molecule has 0 saturated carbocycles. The molecular weight excluding hydrogens is 720 g/mol. The number of carbonyl (C=O) groups is 10. The Bertz CT molecular complexity index is 478. The third-order valence-corrected chi connectivity index (χ3v) is 0. The Morgan fingerprint density at radius 2 is 0.163 bits per heavy atom. The molecule has 252 valence electrons. The van der Waals surface area contributed by atoms with Crippen LogP contribution in [0.25, 0.3) is 0 Å². The Morgan fingerprint density at radius 1 is 0.163 bits per heavy atom. The number of rotatable bonds is 0. The summed E-state index contributed by atoms with van der Waals surface area (Å²) in [5.74, 6) is 0. The Kier molecular flexibility index (Phi) is 149. The van der Waals surface area contributed by atoms with E-state index in [0.717, 1.165) is 0 Å². The summed E-state index contributed by atoms with van der Waals surface area (Å²) in [6, 6.07) is 0. The van der Waals surface area contributed by atoms with E-state index in [1.807, 2.05) is 0 Å². The van der Waals surface area contributed by atoms with Gasteiger partial charge in [-0.25, -0.2) is 47.9 Å². The van der Waals surface area contributed by atoms with E-state index < -0.39 is 61.6 Å². The van der Waals surface area contributed by atoms with Crippen molar-refractivity contribution in [1.82, 2.24) is 0 Å². The van der Waals surface area contributed by atoms with Crippen LogP contribution in [0.3, 0.4) is 0 Å². The quantitative estimate of drug-likeness (QED) is 0.139. The second-order valence-electron chi connectivity index (χ2n) is 2.83. The molecule has 0 spiro atoms. The van der Waals surface area contributed by atoms with Crippen LogP contribution in [-0.4, -0.2) is 277 Å². The van der Waals surface area contributed by atoms with Crippen LogP contribution in [0.15, 0.2) is 0 Å². The Morgan fingerprint density at radius 3 is 0.163 bits per heavy atom. The van der Waals surface area contributed by atoms with Crippen LogP contribution in [0.2, 0.25) is 0 Å². The molecule has 43 heavy (non-hydrogen) atoms. The molecule has 20 N–H and O–H groups in total. The van der Waals surface area contributed by atoms with Gasteiger partial charge in [-0.1, -0.05) is 0 Å². The molecule has 0 unspecified atom stereocenters. The first-order valence-corrected chi connectivity index (χ1v) is 6.51. The van der Waals surface area contributed by atoms with Gasteiger partial charge in [0.2, 0.25) is 0 Å². The zero-order valence-corrected chi connectivity index (χ0v) is 18.0. The maximum atomic E-state index is 8.56. The Hall–Kier alpha value is -3.52. The van der Waals surface area contributed by atoms with Gasteiger partial charge in [-0.15, -0.1) is 0 Å². The van der Waals surface area contributed by atoms with Gasteiger partial charge >= 0.3 is 175 Å². The molecule has 33 heteroatoms. The summed E-state index contributed by atoms with van der Waals surface area (Å²) in [6.07, 6.45) is -18.3. The predicted octanol–water partition coefficient (Wildman–Crippen LogP) is -0.525. The molecule has 0 amide bonds. The van der Waals surface area contributed by atoms with Gasteiger partial charge < -0.3 is 102 Å². The summed E-state index contributed by atoms with van der Waals surface area (Å²) in [5, 5.41) is 139. The minimum atomic E-state index is -1.83. The van der Waals surface area contributed by atoms with E-state index in [1.54, 1.807) is 0 Å². The molecule has 0 aromatic rings. The van der Waals surface area contributed by atoms with E-state index in [0.29, 0.717) is 0 Å². The zero-order chi connectivity index (χ0) is 35.8. The minimum absolute atomic E-state index is 0. The first-order valence-electron chi connectivity index (χ1n) is 6.51. The summed E-state index contributed by atoms with van der Waals surface area (Å²) in [6.45, 7) is 0. The maximum absolute atomic E-state index is 8.56. The molecule has 0 aliphatic heterocycles. The fourth-order valence-corrected chi connectivity index (χ4v) is 0. The first-order chi connectivity index (χ1) is 17.3. The van der Waals surface area contributed by atoms with Crippen molar-refractivity contribution in [1.29, 1.82) is 0 Å². The van der Waals surface area contributed by atoms with E-state index in [-0.39, 0.29) is 113 Å². The van der Waals surface area contributed by atoms with Gasteiger partial charge in [0.15, 0.2) is 0 Å². The van der Waals surface area contributed by atoms with Gasteiger partial charge in [-0.3, -0.25) is 0 Å². The standard InChI is InChI=1S/10CH2O3.3Ca.6H/c10*2-1(3)4;;;;;;;;;/h10*(H2,2,3,4);;;;;;;;;. The van der Waals surface area contributed by atoms with Gasteiger partial charge in [0.05, 0.1) is 0 Å². The molecule has 0 aromatic heterocycles. The molecule has 0 radical (unpaired) electrons. The van der Waals surface area contributed by atoms with Crippen molar-refractivity contribution in [2.45, 2.75) is 0 Å². The number of hydrogen-bond acceptors (Lipinski definition) is 10. The molecule has 0 rings (SSSR count). The summed E-state index contributed by atoms with van der Waals surface area (Å²) >= 11 is 0. The third-order valence-electron chi connectivity index (χ3n) is 0. The summed E-state index contributed by atoms with van der Waals surface area (Å²) < 4.78 is 0. The SMILES string of the molecule is O=C(O)O.O=C(O)O.O=C(O)O.O=C(O)O.O=C(O)O.O=C(O)O.O=C(O)O.O=C(O)O.O=C(O)O.O=C(O)O.[CaH2].[CaH2].[CaH2]. The predicted molar refractivity (Wildman–Crippen MR) is 132 cm³/mol. The second-order valence-corrected chi connectivity index (χ2v) is 2.83. The van der Waals surface area contributed by atoms with Crippen molar-refractivity contribution in [3.05, 3.63) is 0 Å². The molecule has 0 heterocycles. The fourth-order valence-electron chi connectivity index (χ4n) is 0. The van der Waals surface area contributed by atoms with Crippen LogP contribution in [0.5, 0.6) is 0 Å². The molecule has 0 aliphatic rings. The molecular formula is C10H26Ca3O30. The van der Waals surface area contributed by atoms with Crippen molar-refractivity contribution in [2.24, 2.45) is 0 Å². The van der Waals surface area contributed by atoms with Gasteiger partial charge in [0, 0.05) is 0 Å². The van der Waals surface area contributed by atoms with Gasteiger partial charge in [-0.05, 0) is 0 Å². The molecule has 0 aromatic carbocycles. The molecule has 0 saturated heterocycles. The monoisotopic (exact) mass is 746 g/mol. The Labute approximate surface area is 321 Å². The van der Waals surface area contributed by atoms with E-state index in [4.69, 9.17) is 150 Å². The molecule has 0 atom stereocenters. The normalized spacial score (nSPS) is 5.58. The van der Waals surface area contributed by atoms with Gasteiger partial charge in [0.1, 0.15) is 0 Å². The topological polar surface area (TPSA) is 575 Å². The molecule has 0 bridgehead atoms. The third kappa shape index (κ3) is 4130. The van der Waals surface area contributed by atoms with Crippen LogP contribution >= 0.6 is 0 Å². The Balaban J connectivity index is -0.0000000210. The second kappa shape index (κ2) is 77.1. The van der Waals surface area contributed by atoms with Crippen LogP contribution in [0.4, 0.5) is 47.9 Å². The van der Waals surface area contributed by atoms with Crippen LogP contribution in [-0.2, 0) is 0 Å². The molecule has 0 fully saturated rings. The van der Waals surface area contributed by atoms with Crippen molar-refractivity contribution in [2.75, 3.05) is 0 Å². The van der Waals surface area contributed by atoms with E-state index >= 15 is 0 Å². The molecule has 30 nitrogen and oxygen atoms in total. The van der Waals surface area contributed by atoms with Crippen molar-refractivity contribution in [3.8, 4) is 0 Å². The van der Waals surface area contributed by atoms with Gasteiger partial charge in [0.25, 0.3) is 0 Å². The van der Waals surface area contributed by atoms with E-state index in [2.05, 4.69) is 0 Å². The summed E-state index contributed by atoms with van der Waals surface area (Å²) in [5.41, 5.74) is 0. The van der Waals surface area contributed by atoms with Crippen molar-refractivity contribution >= 4 is 175 Å². The van der Waals surface area contributed by atoms with Crippen LogP contribution in [0.1, 0.15) is 0 Å². The number of hydrogen-bond donors (Lipinski definition) is 20.